The first-order valence-corrected chi connectivity index (χ1v) is 8.56. The standard InChI is InChI=1S/C21H17N3O3/c25-20(23-16-8-9-19-18(12-16)24-21(26)27-19)17(15-6-2-1-3-7-15)11-14-5-4-10-22-13-14/h1-10,12-13,17H,11H2,(H,23,25)(H,24,26). The molecular weight excluding hydrogens is 342 g/mol. The summed E-state index contributed by atoms with van der Waals surface area (Å²) in [5, 5.41) is 2.94. The van der Waals surface area contributed by atoms with E-state index in [1.807, 2.05) is 42.5 Å². The SMILES string of the molecule is O=C(Nc1ccc2oc(=O)[nH]c2c1)C(Cc1cccnc1)c1ccccc1. The molecule has 6 heteroatoms. The molecule has 2 aromatic heterocycles. The molecular formula is C21H17N3O3. The molecule has 2 aromatic carbocycles. The predicted octanol–water partition coefficient (Wildman–Crippen LogP) is 3.48. The Bertz CT molecular complexity index is 1120. The van der Waals surface area contributed by atoms with Crippen LogP contribution < -0.4 is 11.1 Å². The number of carbonyl (C=O) groups excluding carboxylic acids is 1. The molecule has 1 atom stereocenters. The molecule has 0 radical (unpaired) electrons. The van der Waals surface area contributed by atoms with Gasteiger partial charge in [-0.05, 0) is 41.8 Å². The maximum Gasteiger partial charge on any atom is 0.417 e. The van der Waals surface area contributed by atoms with Gasteiger partial charge in [-0.2, -0.15) is 0 Å². The molecule has 0 aliphatic rings. The van der Waals surface area contributed by atoms with E-state index in [4.69, 9.17) is 4.42 Å². The minimum atomic E-state index is -0.521. The van der Waals surface area contributed by atoms with Crippen molar-refractivity contribution in [3.63, 3.8) is 0 Å². The first-order chi connectivity index (χ1) is 13.2. The Kier molecular flexibility index (Phi) is 4.53. The van der Waals surface area contributed by atoms with E-state index in [-0.39, 0.29) is 11.8 Å². The molecule has 2 N–H and O–H groups in total. The highest BCUT2D eigenvalue weighted by molar-refractivity contribution is 5.97. The maximum atomic E-state index is 13.0. The molecule has 0 aliphatic heterocycles. The molecule has 0 saturated carbocycles. The summed E-state index contributed by atoms with van der Waals surface area (Å²) < 4.78 is 4.99. The molecule has 4 rings (SSSR count). The largest absolute Gasteiger partial charge is 0.417 e. The number of benzene rings is 2. The van der Waals surface area contributed by atoms with E-state index in [1.165, 1.54) is 0 Å². The van der Waals surface area contributed by atoms with E-state index in [0.29, 0.717) is 23.2 Å². The number of pyridine rings is 1. The fourth-order valence-electron chi connectivity index (χ4n) is 3.06. The van der Waals surface area contributed by atoms with Gasteiger partial charge in [0.1, 0.15) is 0 Å². The molecule has 0 spiro atoms. The number of oxazole rings is 1. The molecule has 4 aromatic rings. The van der Waals surface area contributed by atoms with Crippen LogP contribution in [0.3, 0.4) is 0 Å². The number of hydrogen-bond acceptors (Lipinski definition) is 4. The van der Waals surface area contributed by atoms with Crippen molar-refractivity contribution in [3.05, 3.63) is 94.7 Å². The molecule has 1 amide bonds. The number of hydrogen-bond donors (Lipinski definition) is 2. The quantitative estimate of drug-likeness (QED) is 0.571. The number of nitrogens with zero attached hydrogens (tertiary/aromatic N) is 1. The van der Waals surface area contributed by atoms with Crippen LogP contribution in [-0.2, 0) is 11.2 Å². The van der Waals surface area contributed by atoms with Gasteiger partial charge in [-0.1, -0.05) is 36.4 Å². The summed E-state index contributed by atoms with van der Waals surface area (Å²) in [5.74, 6) is -1.02. The fraction of sp³-hybridized carbons (Fsp3) is 0.0952. The fourth-order valence-corrected chi connectivity index (χ4v) is 3.06. The number of anilines is 1. The first-order valence-electron chi connectivity index (χ1n) is 8.56. The van der Waals surface area contributed by atoms with Crippen molar-refractivity contribution >= 4 is 22.7 Å². The summed E-state index contributed by atoms with van der Waals surface area (Å²) in [7, 11) is 0. The van der Waals surface area contributed by atoms with Crippen LogP contribution in [0.4, 0.5) is 5.69 Å². The number of aromatic amines is 1. The first kappa shape index (κ1) is 16.8. The van der Waals surface area contributed by atoms with Crippen LogP contribution in [0.1, 0.15) is 17.0 Å². The summed E-state index contributed by atoms with van der Waals surface area (Å²) in [6, 6.07) is 18.5. The zero-order valence-corrected chi connectivity index (χ0v) is 14.4. The third-order valence-electron chi connectivity index (χ3n) is 4.37. The van der Waals surface area contributed by atoms with Crippen LogP contribution >= 0.6 is 0 Å². The van der Waals surface area contributed by atoms with Crippen LogP contribution in [0.2, 0.25) is 0 Å². The van der Waals surface area contributed by atoms with Crippen LogP contribution in [0.15, 0.2) is 82.3 Å². The van der Waals surface area contributed by atoms with E-state index in [9.17, 15) is 9.59 Å². The van der Waals surface area contributed by atoms with Gasteiger partial charge < -0.3 is 9.73 Å². The highest BCUT2D eigenvalue weighted by Crippen LogP contribution is 2.24. The Labute approximate surface area is 154 Å². The van der Waals surface area contributed by atoms with Gasteiger partial charge in [0.05, 0.1) is 11.4 Å². The Morgan fingerprint density at radius 1 is 1.11 bits per heavy atom. The Morgan fingerprint density at radius 3 is 2.74 bits per heavy atom. The lowest BCUT2D eigenvalue weighted by atomic mass is 9.91. The van der Waals surface area contributed by atoms with Crippen LogP contribution in [0, 0.1) is 0 Å². The Balaban J connectivity index is 1.61. The van der Waals surface area contributed by atoms with Gasteiger partial charge >= 0.3 is 5.76 Å². The zero-order chi connectivity index (χ0) is 18.6. The highest BCUT2D eigenvalue weighted by atomic mass is 16.4. The number of carbonyl (C=O) groups is 1. The lowest BCUT2D eigenvalue weighted by Gasteiger charge is -2.17. The average molecular weight is 359 g/mol. The Morgan fingerprint density at radius 2 is 1.96 bits per heavy atom. The van der Waals surface area contributed by atoms with E-state index in [0.717, 1.165) is 11.1 Å². The van der Waals surface area contributed by atoms with Crippen molar-refractivity contribution in [1.29, 1.82) is 0 Å². The van der Waals surface area contributed by atoms with Gasteiger partial charge in [0, 0.05) is 18.1 Å². The smallest absolute Gasteiger partial charge is 0.408 e. The van der Waals surface area contributed by atoms with Gasteiger partial charge in [0.2, 0.25) is 5.91 Å². The molecule has 27 heavy (non-hydrogen) atoms. The zero-order valence-electron chi connectivity index (χ0n) is 14.4. The number of amides is 1. The van der Waals surface area contributed by atoms with Gasteiger partial charge in [-0.15, -0.1) is 0 Å². The van der Waals surface area contributed by atoms with Crippen molar-refractivity contribution in [2.45, 2.75) is 12.3 Å². The van der Waals surface area contributed by atoms with Crippen molar-refractivity contribution in [1.82, 2.24) is 9.97 Å². The predicted molar refractivity (Wildman–Crippen MR) is 103 cm³/mol. The molecule has 134 valence electrons. The third kappa shape index (κ3) is 3.79. The topological polar surface area (TPSA) is 88.0 Å². The summed E-state index contributed by atoms with van der Waals surface area (Å²) >= 11 is 0. The molecule has 0 bridgehead atoms. The van der Waals surface area contributed by atoms with E-state index in [1.54, 1.807) is 30.6 Å². The molecule has 1 unspecified atom stereocenters. The molecule has 0 aliphatic carbocycles. The number of nitrogens with one attached hydrogen (secondary N) is 2. The van der Waals surface area contributed by atoms with Crippen LogP contribution in [-0.4, -0.2) is 15.9 Å². The summed E-state index contributed by atoms with van der Waals surface area (Å²) in [6.45, 7) is 0. The number of fused-ring (bicyclic) bond motifs is 1. The van der Waals surface area contributed by atoms with Gasteiger partial charge in [0.25, 0.3) is 0 Å². The second-order valence-electron chi connectivity index (χ2n) is 6.24. The normalized spacial score (nSPS) is 12.0. The lowest BCUT2D eigenvalue weighted by molar-refractivity contribution is -0.117. The van der Waals surface area contributed by atoms with Crippen molar-refractivity contribution in [3.8, 4) is 0 Å². The van der Waals surface area contributed by atoms with E-state index in [2.05, 4.69) is 15.3 Å². The van der Waals surface area contributed by atoms with E-state index >= 15 is 0 Å². The van der Waals surface area contributed by atoms with Crippen molar-refractivity contribution < 1.29 is 9.21 Å². The average Bonchev–Trinajstić information content (AvgIpc) is 3.07. The van der Waals surface area contributed by atoms with Crippen LogP contribution in [0.25, 0.3) is 11.1 Å². The van der Waals surface area contributed by atoms with Crippen molar-refractivity contribution in [2.24, 2.45) is 0 Å². The second-order valence-corrected chi connectivity index (χ2v) is 6.24. The molecule has 0 fully saturated rings. The van der Waals surface area contributed by atoms with Gasteiger partial charge in [0.15, 0.2) is 5.58 Å². The molecule has 0 saturated heterocycles. The van der Waals surface area contributed by atoms with Crippen LogP contribution in [0.5, 0.6) is 0 Å². The summed E-state index contributed by atoms with van der Waals surface area (Å²) in [4.78, 5) is 31.1. The minimum Gasteiger partial charge on any atom is -0.408 e. The van der Waals surface area contributed by atoms with Gasteiger partial charge in [-0.3, -0.25) is 14.8 Å². The lowest BCUT2D eigenvalue weighted by Crippen LogP contribution is -2.23. The summed E-state index contributed by atoms with van der Waals surface area (Å²) in [6.07, 6.45) is 4.02. The number of H-pyrrole nitrogens is 1. The summed E-state index contributed by atoms with van der Waals surface area (Å²) in [5.41, 5.74) is 3.50. The second kappa shape index (κ2) is 7.29. The van der Waals surface area contributed by atoms with Crippen molar-refractivity contribution in [2.75, 3.05) is 5.32 Å². The molecule has 2 heterocycles. The molecule has 6 nitrogen and oxygen atoms in total. The maximum absolute atomic E-state index is 13.0. The minimum absolute atomic E-state index is 0.129. The highest BCUT2D eigenvalue weighted by Gasteiger charge is 2.21. The number of aromatic nitrogens is 2. The number of rotatable bonds is 5. The van der Waals surface area contributed by atoms with Gasteiger partial charge in [-0.25, -0.2) is 4.79 Å². The monoisotopic (exact) mass is 359 g/mol. The van der Waals surface area contributed by atoms with E-state index < -0.39 is 5.76 Å². The Hall–Kier alpha value is -3.67. The third-order valence-corrected chi connectivity index (χ3v) is 4.37.